The summed E-state index contributed by atoms with van der Waals surface area (Å²) in [7, 11) is 1.52. The lowest BCUT2D eigenvalue weighted by molar-refractivity contribution is 0.419. The maximum Gasteiger partial charge on any atom is 0.206 e. The van der Waals surface area contributed by atoms with E-state index in [0.29, 0.717) is 16.8 Å². The largest absolute Gasteiger partial charge is 0.494 e. The van der Waals surface area contributed by atoms with E-state index in [0.717, 1.165) is 6.07 Å². The van der Waals surface area contributed by atoms with E-state index in [1.165, 1.54) is 23.8 Å². The van der Waals surface area contributed by atoms with Gasteiger partial charge in [-0.25, -0.2) is 13.8 Å². The zero-order valence-corrected chi connectivity index (χ0v) is 10.6. The molecule has 0 aliphatic carbocycles. The minimum absolute atomic E-state index is 0.134. The first-order valence-corrected chi connectivity index (χ1v) is 5.87. The van der Waals surface area contributed by atoms with E-state index in [-0.39, 0.29) is 11.6 Å². The molecular weight excluding hydrogens is 264 g/mol. The van der Waals surface area contributed by atoms with Gasteiger partial charge in [-0.3, -0.25) is 4.57 Å². The van der Waals surface area contributed by atoms with Crippen molar-refractivity contribution in [2.75, 3.05) is 12.8 Å². The highest BCUT2D eigenvalue weighted by Crippen LogP contribution is 2.29. The van der Waals surface area contributed by atoms with Crippen LogP contribution >= 0.6 is 0 Å². The number of benzene rings is 2. The lowest BCUT2D eigenvalue weighted by Gasteiger charge is -2.07. The first-order chi connectivity index (χ1) is 9.60. The van der Waals surface area contributed by atoms with Crippen LogP contribution in [0.2, 0.25) is 0 Å². The maximum atomic E-state index is 13.4. The number of methoxy groups -OCH3 is 1. The van der Waals surface area contributed by atoms with Crippen LogP contribution in [0.5, 0.6) is 5.75 Å². The second kappa shape index (κ2) is 4.48. The molecule has 3 rings (SSSR count). The molecule has 0 bridgehead atoms. The summed E-state index contributed by atoms with van der Waals surface area (Å²) in [4.78, 5) is 4.19. The molecule has 0 unspecified atom stereocenters. The summed E-state index contributed by atoms with van der Waals surface area (Å²) >= 11 is 0. The van der Waals surface area contributed by atoms with Gasteiger partial charge in [-0.1, -0.05) is 6.07 Å². The Balaban J connectivity index is 2.33. The van der Waals surface area contributed by atoms with Crippen molar-refractivity contribution in [3.05, 3.63) is 48.0 Å². The third-order valence-electron chi connectivity index (χ3n) is 3.00. The van der Waals surface area contributed by atoms with Gasteiger partial charge < -0.3 is 10.5 Å². The van der Waals surface area contributed by atoms with Crippen LogP contribution in [0.3, 0.4) is 0 Å². The number of ether oxygens (including phenoxy) is 1. The number of rotatable bonds is 2. The van der Waals surface area contributed by atoms with E-state index in [2.05, 4.69) is 4.98 Å². The molecule has 20 heavy (non-hydrogen) atoms. The van der Waals surface area contributed by atoms with Crippen LogP contribution in [0.15, 0.2) is 36.4 Å². The second-order valence-corrected chi connectivity index (χ2v) is 4.26. The minimum atomic E-state index is -0.677. The molecule has 0 saturated carbocycles. The number of aromatic nitrogens is 2. The summed E-state index contributed by atoms with van der Waals surface area (Å²) in [5, 5.41) is 0. The predicted molar refractivity (Wildman–Crippen MR) is 72.0 cm³/mol. The van der Waals surface area contributed by atoms with Crippen LogP contribution in [-0.2, 0) is 0 Å². The number of hydrogen-bond donors (Lipinski definition) is 1. The maximum absolute atomic E-state index is 13.4. The van der Waals surface area contributed by atoms with E-state index < -0.39 is 11.6 Å². The molecule has 102 valence electrons. The molecular formula is C14H11F2N3O. The van der Waals surface area contributed by atoms with Gasteiger partial charge in [-0.2, -0.15) is 0 Å². The lowest BCUT2D eigenvalue weighted by Crippen LogP contribution is -2.01. The van der Waals surface area contributed by atoms with Gasteiger partial charge >= 0.3 is 0 Å². The molecule has 3 aromatic rings. The number of para-hydroxylation sites is 1. The molecule has 0 radical (unpaired) electrons. The Morgan fingerprint density at radius 1 is 1.15 bits per heavy atom. The van der Waals surface area contributed by atoms with Crippen molar-refractivity contribution in [1.82, 2.24) is 9.55 Å². The summed E-state index contributed by atoms with van der Waals surface area (Å²) in [6.45, 7) is 0. The standard InChI is InChI=1S/C14H11F2N3O/c1-20-12-4-2-3-11-13(12)18-14(17)19(11)10-6-8(15)5-9(16)7-10/h2-7H,1H3,(H2,17,18). The van der Waals surface area contributed by atoms with Gasteiger partial charge in [-0.15, -0.1) is 0 Å². The molecule has 0 amide bonds. The highest BCUT2D eigenvalue weighted by atomic mass is 19.1. The molecule has 0 aliphatic heterocycles. The van der Waals surface area contributed by atoms with Crippen molar-refractivity contribution in [3.8, 4) is 11.4 Å². The van der Waals surface area contributed by atoms with Crippen molar-refractivity contribution >= 4 is 17.0 Å². The van der Waals surface area contributed by atoms with Crippen LogP contribution in [0.1, 0.15) is 0 Å². The molecule has 0 saturated heterocycles. The number of nitrogen functional groups attached to an aromatic ring is 1. The van der Waals surface area contributed by atoms with Gasteiger partial charge in [0.15, 0.2) is 0 Å². The van der Waals surface area contributed by atoms with Gasteiger partial charge in [0.05, 0.1) is 18.3 Å². The van der Waals surface area contributed by atoms with E-state index in [9.17, 15) is 8.78 Å². The number of halogens is 2. The van der Waals surface area contributed by atoms with Crippen molar-refractivity contribution < 1.29 is 13.5 Å². The first kappa shape index (κ1) is 12.4. The molecule has 0 atom stereocenters. The number of nitrogens with two attached hydrogens (primary N) is 1. The molecule has 0 fully saturated rings. The van der Waals surface area contributed by atoms with Crippen LogP contribution in [-0.4, -0.2) is 16.7 Å². The summed E-state index contributed by atoms with van der Waals surface area (Å²) in [5.41, 5.74) is 7.29. The van der Waals surface area contributed by atoms with Gasteiger partial charge in [0.2, 0.25) is 5.95 Å². The lowest BCUT2D eigenvalue weighted by atomic mass is 10.2. The van der Waals surface area contributed by atoms with Crippen molar-refractivity contribution in [2.45, 2.75) is 0 Å². The van der Waals surface area contributed by atoms with Crippen LogP contribution in [0.4, 0.5) is 14.7 Å². The molecule has 1 heterocycles. The Kier molecular flexibility index (Phi) is 2.78. The normalized spacial score (nSPS) is 10.9. The predicted octanol–water partition coefficient (Wildman–Crippen LogP) is 2.89. The highest BCUT2D eigenvalue weighted by molar-refractivity contribution is 5.86. The van der Waals surface area contributed by atoms with Gasteiger partial charge in [0.25, 0.3) is 0 Å². The molecule has 2 N–H and O–H groups in total. The van der Waals surface area contributed by atoms with Gasteiger partial charge in [0.1, 0.15) is 22.9 Å². The third kappa shape index (κ3) is 1.85. The number of nitrogens with zero attached hydrogens (tertiary/aromatic N) is 2. The SMILES string of the molecule is COc1cccc2c1nc(N)n2-c1cc(F)cc(F)c1. The van der Waals surface area contributed by atoms with Crippen LogP contribution in [0, 0.1) is 11.6 Å². The van der Waals surface area contributed by atoms with Crippen LogP contribution in [0.25, 0.3) is 16.7 Å². The van der Waals surface area contributed by atoms with E-state index in [4.69, 9.17) is 10.5 Å². The van der Waals surface area contributed by atoms with Gasteiger partial charge in [0, 0.05) is 6.07 Å². The zero-order chi connectivity index (χ0) is 14.3. The first-order valence-electron chi connectivity index (χ1n) is 5.87. The average molecular weight is 275 g/mol. The fraction of sp³-hybridized carbons (Fsp3) is 0.0714. The van der Waals surface area contributed by atoms with E-state index >= 15 is 0 Å². The topological polar surface area (TPSA) is 53.1 Å². The summed E-state index contributed by atoms with van der Waals surface area (Å²) in [6, 6.07) is 8.45. The molecule has 6 heteroatoms. The van der Waals surface area contributed by atoms with E-state index in [1.54, 1.807) is 18.2 Å². The second-order valence-electron chi connectivity index (χ2n) is 4.26. The molecule has 2 aromatic carbocycles. The number of imidazole rings is 1. The van der Waals surface area contributed by atoms with Crippen LogP contribution < -0.4 is 10.5 Å². The van der Waals surface area contributed by atoms with Crippen molar-refractivity contribution in [1.29, 1.82) is 0 Å². The smallest absolute Gasteiger partial charge is 0.206 e. The number of anilines is 1. The fourth-order valence-electron chi connectivity index (χ4n) is 2.20. The Hall–Kier alpha value is -2.63. The van der Waals surface area contributed by atoms with E-state index in [1.807, 2.05) is 0 Å². The molecule has 4 nitrogen and oxygen atoms in total. The Morgan fingerprint density at radius 3 is 2.50 bits per heavy atom. The number of hydrogen-bond acceptors (Lipinski definition) is 3. The Labute approximate surface area is 113 Å². The third-order valence-corrected chi connectivity index (χ3v) is 3.00. The van der Waals surface area contributed by atoms with Gasteiger partial charge in [-0.05, 0) is 24.3 Å². The average Bonchev–Trinajstić information content (AvgIpc) is 2.73. The molecule has 1 aromatic heterocycles. The Morgan fingerprint density at radius 2 is 1.85 bits per heavy atom. The highest BCUT2D eigenvalue weighted by Gasteiger charge is 2.14. The zero-order valence-electron chi connectivity index (χ0n) is 10.6. The quantitative estimate of drug-likeness (QED) is 0.782. The Bertz CT molecular complexity index is 778. The van der Waals surface area contributed by atoms with Crippen molar-refractivity contribution in [3.63, 3.8) is 0 Å². The minimum Gasteiger partial charge on any atom is -0.494 e. The summed E-state index contributed by atoms with van der Waals surface area (Å²) in [5.74, 6) is -0.674. The molecule has 0 aliphatic rings. The monoisotopic (exact) mass is 275 g/mol. The summed E-state index contributed by atoms with van der Waals surface area (Å²) < 4.78 is 33.4. The fourth-order valence-corrected chi connectivity index (χ4v) is 2.20. The van der Waals surface area contributed by atoms with Crippen molar-refractivity contribution in [2.24, 2.45) is 0 Å². The number of fused-ring (bicyclic) bond motifs is 1. The summed E-state index contributed by atoms with van der Waals surface area (Å²) in [6.07, 6.45) is 0. The molecule has 0 spiro atoms.